The third-order valence-electron chi connectivity index (χ3n) is 2.94. The molecule has 5 nitrogen and oxygen atoms in total. The van der Waals surface area contributed by atoms with Crippen molar-refractivity contribution >= 4 is 23.0 Å². The Morgan fingerprint density at radius 3 is 2.61 bits per heavy atom. The minimum atomic E-state index is 0.192. The van der Waals surface area contributed by atoms with Crippen LogP contribution in [0.4, 0.5) is 5.82 Å². The molecule has 0 aliphatic carbocycles. The van der Waals surface area contributed by atoms with Crippen molar-refractivity contribution in [2.45, 2.75) is 26.8 Å². The molecule has 18 heavy (non-hydrogen) atoms. The van der Waals surface area contributed by atoms with Crippen molar-refractivity contribution in [1.29, 1.82) is 0 Å². The zero-order chi connectivity index (χ0) is 13.9. The van der Waals surface area contributed by atoms with Crippen molar-refractivity contribution in [3.8, 4) is 0 Å². The minimum Gasteiger partial charge on any atom is -0.389 e. The zero-order valence-corrected chi connectivity index (χ0v) is 12.5. The first-order valence-electron chi connectivity index (χ1n) is 5.97. The lowest BCUT2D eigenvalue weighted by molar-refractivity contribution is 0.171. The summed E-state index contributed by atoms with van der Waals surface area (Å²) in [7, 11) is 3.57. The molecule has 1 heterocycles. The molecule has 0 aliphatic heterocycles. The van der Waals surface area contributed by atoms with Crippen molar-refractivity contribution in [2.75, 3.05) is 19.0 Å². The number of anilines is 1. The molecule has 1 rings (SSSR count). The van der Waals surface area contributed by atoms with Gasteiger partial charge in [-0.1, -0.05) is 26.1 Å². The summed E-state index contributed by atoms with van der Waals surface area (Å²) < 4.78 is 7.00. The van der Waals surface area contributed by atoms with E-state index in [1.807, 2.05) is 14.0 Å². The van der Waals surface area contributed by atoms with Crippen LogP contribution in [-0.2, 0) is 11.8 Å². The smallest absolute Gasteiger partial charge is 0.134 e. The highest BCUT2D eigenvalue weighted by Crippen LogP contribution is 2.21. The maximum Gasteiger partial charge on any atom is 0.134 e. The number of thiocarbonyl (C=S) groups is 1. The number of nitrogens with two attached hydrogens (primary N) is 1. The zero-order valence-electron chi connectivity index (χ0n) is 11.7. The maximum absolute atomic E-state index is 5.76. The van der Waals surface area contributed by atoms with Crippen LogP contribution >= 0.6 is 12.2 Å². The van der Waals surface area contributed by atoms with Gasteiger partial charge in [0.05, 0.1) is 23.9 Å². The van der Waals surface area contributed by atoms with Gasteiger partial charge in [-0.15, -0.1) is 0 Å². The number of hydrogen-bond acceptors (Lipinski definition) is 4. The summed E-state index contributed by atoms with van der Waals surface area (Å²) in [5, 5.41) is 7.78. The number of hydrogen-bond donors (Lipinski definition) is 2. The number of methoxy groups -OCH3 is 1. The molecule has 3 N–H and O–H groups in total. The van der Waals surface area contributed by atoms with Gasteiger partial charge in [-0.2, -0.15) is 5.10 Å². The summed E-state index contributed by atoms with van der Waals surface area (Å²) in [4.78, 5) is 0.364. The monoisotopic (exact) mass is 270 g/mol. The molecule has 1 unspecified atom stereocenters. The van der Waals surface area contributed by atoms with E-state index in [2.05, 4.69) is 24.3 Å². The Kier molecular flexibility index (Phi) is 5.10. The van der Waals surface area contributed by atoms with Gasteiger partial charge in [-0.05, 0) is 12.8 Å². The lowest BCUT2D eigenvalue weighted by Gasteiger charge is -2.23. The fourth-order valence-corrected chi connectivity index (χ4v) is 2.12. The van der Waals surface area contributed by atoms with Crippen LogP contribution in [0.15, 0.2) is 0 Å². The van der Waals surface area contributed by atoms with E-state index in [9.17, 15) is 0 Å². The fourth-order valence-electron chi connectivity index (χ4n) is 1.87. The summed E-state index contributed by atoms with van der Waals surface area (Å²) >= 11 is 5.09. The number of aryl methyl sites for hydroxylation is 2. The Labute approximate surface area is 114 Å². The van der Waals surface area contributed by atoms with Crippen LogP contribution < -0.4 is 11.1 Å². The predicted molar refractivity (Wildman–Crippen MR) is 78.0 cm³/mol. The Morgan fingerprint density at radius 1 is 1.56 bits per heavy atom. The molecule has 102 valence electrons. The van der Waals surface area contributed by atoms with Crippen LogP contribution in [0, 0.1) is 12.8 Å². The summed E-state index contributed by atoms with van der Waals surface area (Å²) in [6.45, 7) is 6.81. The van der Waals surface area contributed by atoms with Crippen LogP contribution in [0.3, 0.4) is 0 Å². The molecule has 0 aliphatic rings. The van der Waals surface area contributed by atoms with Crippen molar-refractivity contribution in [3.63, 3.8) is 0 Å². The highest BCUT2D eigenvalue weighted by Gasteiger charge is 2.20. The van der Waals surface area contributed by atoms with E-state index >= 15 is 0 Å². The standard InChI is InChI=1S/C12H22N4OS/c1-7(2)9(6-17-5)14-12-10(11(13)18)8(3)15-16(12)4/h7,9,14H,6H2,1-5H3,(H2,13,18). The third kappa shape index (κ3) is 3.20. The summed E-state index contributed by atoms with van der Waals surface area (Å²) in [6.07, 6.45) is 0. The largest absolute Gasteiger partial charge is 0.389 e. The van der Waals surface area contributed by atoms with E-state index in [1.54, 1.807) is 11.8 Å². The van der Waals surface area contributed by atoms with Gasteiger partial charge in [0, 0.05) is 14.2 Å². The first kappa shape index (κ1) is 14.9. The van der Waals surface area contributed by atoms with Gasteiger partial charge in [0.15, 0.2) is 0 Å². The molecule has 0 aromatic carbocycles. The van der Waals surface area contributed by atoms with Gasteiger partial charge in [0.2, 0.25) is 0 Å². The fraction of sp³-hybridized carbons (Fsp3) is 0.667. The lowest BCUT2D eigenvalue weighted by Crippen LogP contribution is -2.32. The molecule has 6 heteroatoms. The summed E-state index contributed by atoms with van der Waals surface area (Å²) in [5.41, 5.74) is 7.42. The highest BCUT2D eigenvalue weighted by atomic mass is 32.1. The van der Waals surface area contributed by atoms with E-state index in [0.29, 0.717) is 17.5 Å². The molecular formula is C12H22N4OS. The molecular weight excluding hydrogens is 248 g/mol. The van der Waals surface area contributed by atoms with Crippen molar-refractivity contribution in [2.24, 2.45) is 18.7 Å². The Morgan fingerprint density at radius 2 is 2.17 bits per heavy atom. The van der Waals surface area contributed by atoms with E-state index in [4.69, 9.17) is 22.7 Å². The van der Waals surface area contributed by atoms with Crippen LogP contribution in [0.5, 0.6) is 0 Å². The number of nitrogens with zero attached hydrogens (tertiary/aromatic N) is 2. The van der Waals surface area contributed by atoms with E-state index in [1.165, 1.54) is 0 Å². The predicted octanol–water partition coefficient (Wildman–Crippen LogP) is 1.45. The average Bonchev–Trinajstić information content (AvgIpc) is 2.52. The van der Waals surface area contributed by atoms with Gasteiger partial charge in [0.25, 0.3) is 0 Å². The highest BCUT2D eigenvalue weighted by molar-refractivity contribution is 7.80. The second-order valence-electron chi connectivity index (χ2n) is 4.75. The van der Waals surface area contributed by atoms with E-state index in [0.717, 1.165) is 17.1 Å². The van der Waals surface area contributed by atoms with Crippen molar-refractivity contribution < 1.29 is 4.74 Å². The van der Waals surface area contributed by atoms with Crippen LogP contribution in [0.2, 0.25) is 0 Å². The van der Waals surface area contributed by atoms with Crippen LogP contribution in [-0.4, -0.2) is 34.5 Å². The van der Waals surface area contributed by atoms with Crippen LogP contribution in [0.1, 0.15) is 25.1 Å². The number of rotatable bonds is 6. The number of nitrogens with one attached hydrogen (secondary N) is 1. The van der Waals surface area contributed by atoms with E-state index < -0.39 is 0 Å². The lowest BCUT2D eigenvalue weighted by atomic mass is 10.1. The van der Waals surface area contributed by atoms with Gasteiger partial charge in [-0.3, -0.25) is 4.68 Å². The van der Waals surface area contributed by atoms with Gasteiger partial charge in [-0.25, -0.2) is 0 Å². The molecule has 0 saturated carbocycles. The first-order valence-corrected chi connectivity index (χ1v) is 6.38. The third-order valence-corrected chi connectivity index (χ3v) is 3.15. The molecule has 1 aromatic rings. The number of ether oxygens (including phenoxy) is 1. The second kappa shape index (κ2) is 6.15. The summed E-state index contributed by atoms with van der Waals surface area (Å²) in [6, 6.07) is 0.192. The molecule has 1 aromatic heterocycles. The maximum atomic E-state index is 5.76. The van der Waals surface area contributed by atoms with Gasteiger partial charge >= 0.3 is 0 Å². The first-order chi connectivity index (χ1) is 8.38. The SMILES string of the molecule is COCC(Nc1c(C(N)=S)c(C)nn1C)C(C)C. The molecule has 0 saturated heterocycles. The molecule has 1 atom stereocenters. The average molecular weight is 270 g/mol. The molecule has 0 amide bonds. The van der Waals surface area contributed by atoms with Crippen LogP contribution in [0.25, 0.3) is 0 Å². The topological polar surface area (TPSA) is 65.1 Å². The van der Waals surface area contributed by atoms with Gasteiger partial charge < -0.3 is 15.8 Å². The van der Waals surface area contributed by atoms with E-state index in [-0.39, 0.29) is 6.04 Å². The number of aromatic nitrogens is 2. The normalized spacial score (nSPS) is 12.8. The Bertz CT molecular complexity index is 428. The summed E-state index contributed by atoms with van der Waals surface area (Å²) in [5.74, 6) is 1.29. The van der Waals surface area contributed by atoms with Gasteiger partial charge in [0.1, 0.15) is 10.8 Å². The second-order valence-corrected chi connectivity index (χ2v) is 5.19. The molecule has 0 radical (unpaired) electrons. The quantitative estimate of drug-likeness (QED) is 0.766. The molecule has 0 bridgehead atoms. The Balaban J connectivity index is 3.05. The molecule has 0 fully saturated rings. The molecule has 0 spiro atoms. The van der Waals surface area contributed by atoms with Crippen molar-refractivity contribution in [3.05, 3.63) is 11.3 Å². The minimum absolute atomic E-state index is 0.192. The Hall–Kier alpha value is -1.14. The van der Waals surface area contributed by atoms with Crippen molar-refractivity contribution in [1.82, 2.24) is 9.78 Å².